The summed E-state index contributed by atoms with van der Waals surface area (Å²) in [7, 11) is 0. The van der Waals surface area contributed by atoms with Gasteiger partial charge in [0.05, 0.1) is 11.7 Å². The molecule has 0 aliphatic rings. The number of alkyl carbamates (subject to hydrolysis) is 1. The van der Waals surface area contributed by atoms with Gasteiger partial charge in [-0.2, -0.15) is 0 Å². The Kier molecular flexibility index (Phi) is 4.61. The summed E-state index contributed by atoms with van der Waals surface area (Å²) in [4.78, 5) is 15.4. The summed E-state index contributed by atoms with van der Waals surface area (Å²) in [5.74, 6) is -0.510. The van der Waals surface area contributed by atoms with Crippen molar-refractivity contribution in [3.63, 3.8) is 0 Å². The van der Waals surface area contributed by atoms with Crippen LogP contribution in [0.4, 0.5) is 9.18 Å². The highest BCUT2D eigenvalue weighted by atomic mass is 19.1. The molecule has 0 fully saturated rings. The van der Waals surface area contributed by atoms with Crippen molar-refractivity contribution >= 4 is 6.09 Å². The monoisotopic (exact) mass is 255 g/mol. The van der Waals surface area contributed by atoms with Crippen LogP contribution in [0.1, 0.15) is 32.5 Å². The van der Waals surface area contributed by atoms with Gasteiger partial charge in [0.2, 0.25) is 0 Å². The molecule has 1 heterocycles. The van der Waals surface area contributed by atoms with Crippen LogP contribution in [-0.4, -0.2) is 23.2 Å². The topological polar surface area (TPSA) is 77.2 Å². The number of nitrogens with one attached hydrogen (secondary N) is 1. The summed E-state index contributed by atoms with van der Waals surface area (Å²) in [5.41, 5.74) is 4.99. The number of halogens is 1. The summed E-state index contributed by atoms with van der Waals surface area (Å²) in [6, 6.07) is 2.03. The second-order valence-electron chi connectivity index (χ2n) is 4.80. The molecular weight excluding hydrogens is 237 g/mol. The van der Waals surface area contributed by atoms with Crippen LogP contribution in [0.25, 0.3) is 0 Å². The molecule has 1 rings (SSSR count). The van der Waals surface area contributed by atoms with E-state index in [1.165, 1.54) is 18.3 Å². The Bertz CT molecular complexity index is 418. The molecule has 1 atom stereocenters. The lowest BCUT2D eigenvalue weighted by molar-refractivity contribution is 0.0503. The molecule has 100 valence electrons. The Morgan fingerprint density at radius 1 is 1.61 bits per heavy atom. The van der Waals surface area contributed by atoms with Crippen molar-refractivity contribution in [1.82, 2.24) is 10.3 Å². The van der Waals surface area contributed by atoms with Crippen LogP contribution in [0.15, 0.2) is 18.3 Å². The van der Waals surface area contributed by atoms with Gasteiger partial charge in [-0.25, -0.2) is 9.18 Å². The number of ether oxygens (including phenoxy) is 1. The molecule has 0 aliphatic carbocycles. The maximum Gasteiger partial charge on any atom is 0.408 e. The second kappa shape index (κ2) is 5.77. The van der Waals surface area contributed by atoms with E-state index in [9.17, 15) is 9.18 Å². The molecule has 0 aromatic carbocycles. The van der Waals surface area contributed by atoms with Gasteiger partial charge < -0.3 is 15.8 Å². The van der Waals surface area contributed by atoms with Crippen LogP contribution >= 0.6 is 0 Å². The summed E-state index contributed by atoms with van der Waals surface area (Å²) >= 11 is 0. The molecule has 0 bridgehead atoms. The van der Waals surface area contributed by atoms with E-state index in [1.54, 1.807) is 20.8 Å². The van der Waals surface area contributed by atoms with Gasteiger partial charge in [0, 0.05) is 12.7 Å². The van der Waals surface area contributed by atoms with Crippen LogP contribution in [-0.2, 0) is 4.74 Å². The van der Waals surface area contributed by atoms with E-state index in [0.717, 1.165) is 0 Å². The van der Waals surface area contributed by atoms with Crippen LogP contribution in [0.5, 0.6) is 0 Å². The molecular formula is C12H18FN3O2. The van der Waals surface area contributed by atoms with Crippen molar-refractivity contribution in [1.29, 1.82) is 0 Å². The molecule has 18 heavy (non-hydrogen) atoms. The Balaban J connectivity index is 2.74. The number of carbonyl (C=O) groups is 1. The first-order chi connectivity index (χ1) is 8.33. The van der Waals surface area contributed by atoms with Crippen molar-refractivity contribution in [3.8, 4) is 0 Å². The van der Waals surface area contributed by atoms with E-state index in [4.69, 9.17) is 10.5 Å². The smallest absolute Gasteiger partial charge is 0.408 e. The van der Waals surface area contributed by atoms with Gasteiger partial charge in [-0.05, 0) is 32.9 Å². The quantitative estimate of drug-likeness (QED) is 0.862. The molecule has 5 nitrogen and oxygen atoms in total. The SMILES string of the molecule is CC(C)(C)OC(=O)NC(CN)c1ncccc1F. The lowest BCUT2D eigenvalue weighted by Gasteiger charge is -2.22. The molecule has 0 aliphatic heterocycles. The summed E-state index contributed by atoms with van der Waals surface area (Å²) in [6.07, 6.45) is 0.792. The zero-order valence-electron chi connectivity index (χ0n) is 10.7. The molecule has 0 spiro atoms. The molecule has 1 amide bonds. The predicted molar refractivity (Wildman–Crippen MR) is 65.4 cm³/mol. The van der Waals surface area contributed by atoms with Crippen molar-refractivity contribution in [3.05, 3.63) is 29.8 Å². The fraction of sp³-hybridized carbons (Fsp3) is 0.500. The number of amides is 1. The molecule has 0 saturated carbocycles. The first-order valence-corrected chi connectivity index (χ1v) is 5.63. The third-order valence-electron chi connectivity index (χ3n) is 2.04. The minimum absolute atomic E-state index is 0.0349. The maximum absolute atomic E-state index is 13.5. The number of rotatable bonds is 3. The number of hydrogen-bond acceptors (Lipinski definition) is 4. The van der Waals surface area contributed by atoms with Crippen LogP contribution in [0.2, 0.25) is 0 Å². The lowest BCUT2D eigenvalue weighted by Crippen LogP contribution is -2.38. The number of nitrogens with two attached hydrogens (primary N) is 1. The van der Waals surface area contributed by atoms with Gasteiger partial charge in [-0.1, -0.05) is 0 Å². The number of carbonyl (C=O) groups excluding carboxylic acids is 1. The second-order valence-corrected chi connectivity index (χ2v) is 4.80. The molecule has 6 heteroatoms. The van der Waals surface area contributed by atoms with Gasteiger partial charge in [0.15, 0.2) is 0 Å². The van der Waals surface area contributed by atoms with Gasteiger partial charge in [-0.15, -0.1) is 0 Å². The van der Waals surface area contributed by atoms with Gasteiger partial charge in [0.25, 0.3) is 0 Å². The zero-order valence-corrected chi connectivity index (χ0v) is 10.7. The molecule has 1 aromatic heterocycles. The van der Waals surface area contributed by atoms with Crippen molar-refractivity contribution in [2.45, 2.75) is 32.4 Å². The number of hydrogen-bond donors (Lipinski definition) is 2. The largest absolute Gasteiger partial charge is 0.444 e. The summed E-state index contributed by atoms with van der Waals surface area (Å²) < 4.78 is 18.6. The molecule has 0 radical (unpaired) electrons. The third kappa shape index (κ3) is 4.29. The normalized spacial score (nSPS) is 12.9. The van der Waals surface area contributed by atoms with Gasteiger partial charge in [0.1, 0.15) is 11.4 Å². The molecule has 1 unspecified atom stereocenters. The Morgan fingerprint density at radius 3 is 2.78 bits per heavy atom. The van der Waals surface area contributed by atoms with Gasteiger partial charge >= 0.3 is 6.09 Å². The summed E-state index contributed by atoms with van der Waals surface area (Å²) in [6.45, 7) is 5.26. The molecule has 3 N–H and O–H groups in total. The Morgan fingerprint density at radius 2 is 2.28 bits per heavy atom. The average Bonchev–Trinajstić information content (AvgIpc) is 2.24. The zero-order chi connectivity index (χ0) is 13.8. The van der Waals surface area contributed by atoms with Crippen LogP contribution in [0, 0.1) is 5.82 Å². The fourth-order valence-electron chi connectivity index (χ4n) is 1.34. The Hall–Kier alpha value is -1.69. The minimum atomic E-state index is -0.707. The highest BCUT2D eigenvalue weighted by Crippen LogP contribution is 2.14. The number of nitrogens with zero attached hydrogens (tertiary/aromatic N) is 1. The highest BCUT2D eigenvalue weighted by molar-refractivity contribution is 5.68. The predicted octanol–water partition coefficient (Wildman–Crippen LogP) is 1.75. The Labute approximate surface area is 106 Å². The van der Waals surface area contributed by atoms with E-state index in [2.05, 4.69) is 10.3 Å². The molecule has 1 aromatic rings. The minimum Gasteiger partial charge on any atom is -0.444 e. The van der Waals surface area contributed by atoms with Crippen molar-refractivity contribution in [2.24, 2.45) is 5.73 Å². The van der Waals surface area contributed by atoms with Crippen LogP contribution < -0.4 is 11.1 Å². The van der Waals surface area contributed by atoms with Gasteiger partial charge in [-0.3, -0.25) is 4.98 Å². The number of aromatic nitrogens is 1. The standard InChI is InChI=1S/C12H18FN3O2/c1-12(2,3)18-11(17)16-9(7-14)10-8(13)5-4-6-15-10/h4-6,9H,7,14H2,1-3H3,(H,16,17). The van der Waals surface area contributed by atoms with E-state index >= 15 is 0 Å². The summed E-state index contributed by atoms with van der Waals surface area (Å²) in [5, 5.41) is 2.49. The first kappa shape index (κ1) is 14.4. The van der Waals surface area contributed by atoms with E-state index in [-0.39, 0.29) is 12.2 Å². The number of pyridine rings is 1. The van der Waals surface area contributed by atoms with Crippen molar-refractivity contribution < 1.29 is 13.9 Å². The maximum atomic E-state index is 13.5. The lowest BCUT2D eigenvalue weighted by atomic mass is 10.2. The van der Waals surface area contributed by atoms with Crippen molar-refractivity contribution in [2.75, 3.05) is 6.54 Å². The first-order valence-electron chi connectivity index (χ1n) is 5.63. The highest BCUT2D eigenvalue weighted by Gasteiger charge is 2.22. The fourth-order valence-corrected chi connectivity index (χ4v) is 1.34. The molecule has 0 saturated heterocycles. The van der Waals surface area contributed by atoms with E-state index < -0.39 is 23.6 Å². The average molecular weight is 255 g/mol. The van der Waals surface area contributed by atoms with Crippen LogP contribution in [0.3, 0.4) is 0 Å². The van der Waals surface area contributed by atoms with E-state index in [0.29, 0.717) is 0 Å². The third-order valence-corrected chi connectivity index (χ3v) is 2.04. The van der Waals surface area contributed by atoms with E-state index in [1.807, 2.05) is 0 Å².